The zero-order valence-corrected chi connectivity index (χ0v) is 10.4. The Morgan fingerprint density at radius 2 is 2.32 bits per heavy atom. The van der Waals surface area contributed by atoms with E-state index in [4.69, 9.17) is 5.11 Å². The lowest BCUT2D eigenvalue weighted by Gasteiger charge is -2.33. The van der Waals surface area contributed by atoms with Gasteiger partial charge < -0.3 is 19.9 Å². The molecule has 102 valence electrons. The number of aromatic nitrogens is 2. The van der Waals surface area contributed by atoms with E-state index in [1.54, 1.807) is 11.6 Å². The van der Waals surface area contributed by atoms with Crippen molar-refractivity contribution < 1.29 is 19.5 Å². The molecule has 0 radical (unpaired) electrons. The number of carboxylic acids is 1. The van der Waals surface area contributed by atoms with Gasteiger partial charge in [0.1, 0.15) is 11.7 Å². The van der Waals surface area contributed by atoms with Crippen molar-refractivity contribution in [2.75, 3.05) is 13.1 Å². The van der Waals surface area contributed by atoms with E-state index in [0.29, 0.717) is 6.54 Å². The summed E-state index contributed by atoms with van der Waals surface area (Å²) >= 11 is 0. The number of piperazine rings is 1. The Balaban J connectivity index is 2.22. The first-order valence-electron chi connectivity index (χ1n) is 5.77. The van der Waals surface area contributed by atoms with E-state index in [9.17, 15) is 14.4 Å². The maximum atomic E-state index is 12.2. The van der Waals surface area contributed by atoms with Crippen molar-refractivity contribution in [1.82, 2.24) is 19.8 Å². The molecule has 0 spiro atoms. The van der Waals surface area contributed by atoms with Gasteiger partial charge in [0.2, 0.25) is 5.91 Å². The van der Waals surface area contributed by atoms with Gasteiger partial charge in [0.25, 0.3) is 5.91 Å². The fourth-order valence-corrected chi connectivity index (χ4v) is 2.00. The second-order valence-corrected chi connectivity index (χ2v) is 4.33. The van der Waals surface area contributed by atoms with Crippen LogP contribution in [0, 0.1) is 0 Å². The van der Waals surface area contributed by atoms with E-state index < -0.39 is 30.2 Å². The molecular formula is C11H14N4O4. The van der Waals surface area contributed by atoms with Gasteiger partial charge in [-0.25, -0.2) is 4.98 Å². The molecule has 1 aromatic rings. The number of carbonyl (C=O) groups excluding carboxylic acids is 2. The second kappa shape index (κ2) is 5.09. The monoisotopic (exact) mass is 266 g/mol. The van der Waals surface area contributed by atoms with Crippen molar-refractivity contribution in [2.45, 2.75) is 12.5 Å². The maximum absolute atomic E-state index is 12.2. The van der Waals surface area contributed by atoms with Crippen molar-refractivity contribution in [3.05, 3.63) is 18.2 Å². The Morgan fingerprint density at radius 3 is 2.89 bits per heavy atom. The summed E-state index contributed by atoms with van der Waals surface area (Å²) in [6.45, 7) is 0.590. The molecule has 2 rings (SSSR count). The highest BCUT2D eigenvalue weighted by Gasteiger charge is 2.35. The fourth-order valence-electron chi connectivity index (χ4n) is 2.00. The highest BCUT2D eigenvalue weighted by atomic mass is 16.4. The van der Waals surface area contributed by atoms with Crippen LogP contribution in [0.25, 0.3) is 0 Å². The summed E-state index contributed by atoms with van der Waals surface area (Å²) in [7, 11) is 1.72. The van der Waals surface area contributed by atoms with E-state index >= 15 is 0 Å². The van der Waals surface area contributed by atoms with Crippen LogP contribution in [0.2, 0.25) is 0 Å². The molecule has 1 saturated heterocycles. The third-order valence-corrected chi connectivity index (χ3v) is 2.88. The van der Waals surface area contributed by atoms with Crippen molar-refractivity contribution in [3.63, 3.8) is 0 Å². The first-order chi connectivity index (χ1) is 8.99. The van der Waals surface area contributed by atoms with Gasteiger partial charge in [0.05, 0.1) is 12.7 Å². The van der Waals surface area contributed by atoms with Crippen LogP contribution in [0.4, 0.5) is 0 Å². The molecule has 8 nitrogen and oxygen atoms in total. The number of aryl methyl sites for hydroxylation is 1. The number of hydrogen-bond acceptors (Lipinski definition) is 4. The first-order valence-corrected chi connectivity index (χ1v) is 5.77. The van der Waals surface area contributed by atoms with Gasteiger partial charge in [0, 0.05) is 26.3 Å². The van der Waals surface area contributed by atoms with Crippen LogP contribution in [-0.4, -0.2) is 56.5 Å². The van der Waals surface area contributed by atoms with Crippen molar-refractivity contribution >= 4 is 17.8 Å². The lowest BCUT2D eigenvalue weighted by molar-refractivity contribution is -0.142. The molecule has 19 heavy (non-hydrogen) atoms. The van der Waals surface area contributed by atoms with E-state index in [1.165, 1.54) is 17.4 Å². The summed E-state index contributed by atoms with van der Waals surface area (Å²) in [5.41, 5.74) is 0.201. The minimum atomic E-state index is -1.12. The molecular weight excluding hydrogens is 252 g/mol. The molecule has 8 heteroatoms. The minimum absolute atomic E-state index is 0.201. The third kappa shape index (κ3) is 2.72. The summed E-state index contributed by atoms with van der Waals surface area (Å²) < 4.78 is 1.61. The standard InChI is InChI=1S/C11H14N4O4/c1-14-5-7(13-6-14)11(19)15-3-2-12-10(18)8(15)4-9(16)17/h5-6,8H,2-4H2,1H3,(H,12,18)(H,16,17). The topological polar surface area (TPSA) is 105 Å². The van der Waals surface area contributed by atoms with Crippen LogP contribution in [0.1, 0.15) is 16.9 Å². The third-order valence-electron chi connectivity index (χ3n) is 2.88. The number of imidazole rings is 1. The summed E-state index contributed by atoms with van der Waals surface area (Å²) in [6.07, 6.45) is 2.60. The van der Waals surface area contributed by atoms with Crippen LogP contribution in [0.5, 0.6) is 0 Å². The largest absolute Gasteiger partial charge is 0.481 e. The Hall–Kier alpha value is -2.38. The lowest BCUT2D eigenvalue weighted by atomic mass is 10.1. The van der Waals surface area contributed by atoms with Crippen molar-refractivity contribution in [1.29, 1.82) is 0 Å². The summed E-state index contributed by atoms with van der Waals surface area (Å²) in [6, 6.07) is -0.985. The molecule has 2 N–H and O–H groups in total. The highest BCUT2D eigenvalue weighted by Crippen LogP contribution is 2.13. The van der Waals surface area contributed by atoms with Gasteiger partial charge in [-0.1, -0.05) is 0 Å². The Labute approximate surface area is 109 Å². The molecule has 1 atom stereocenters. The number of hydrogen-bond donors (Lipinski definition) is 2. The zero-order valence-electron chi connectivity index (χ0n) is 10.4. The highest BCUT2D eigenvalue weighted by molar-refractivity contribution is 5.97. The Bertz CT molecular complexity index is 525. The van der Waals surface area contributed by atoms with Crippen LogP contribution in [0.3, 0.4) is 0 Å². The molecule has 1 aromatic heterocycles. The Kier molecular flexibility index (Phi) is 3.50. The van der Waals surface area contributed by atoms with E-state index in [0.717, 1.165) is 0 Å². The van der Waals surface area contributed by atoms with E-state index in [2.05, 4.69) is 10.3 Å². The molecule has 0 aliphatic carbocycles. The lowest BCUT2D eigenvalue weighted by Crippen LogP contribution is -2.57. The zero-order chi connectivity index (χ0) is 14.0. The molecule has 0 saturated carbocycles. The van der Waals surface area contributed by atoms with Crippen LogP contribution in [0.15, 0.2) is 12.5 Å². The first kappa shape index (κ1) is 13.1. The number of aliphatic carboxylic acids is 1. The quantitative estimate of drug-likeness (QED) is 0.717. The number of amides is 2. The molecule has 0 aromatic carbocycles. The number of rotatable bonds is 3. The second-order valence-electron chi connectivity index (χ2n) is 4.33. The number of carbonyl (C=O) groups is 3. The van der Waals surface area contributed by atoms with Crippen LogP contribution in [-0.2, 0) is 16.6 Å². The van der Waals surface area contributed by atoms with E-state index in [-0.39, 0.29) is 12.2 Å². The van der Waals surface area contributed by atoms with Gasteiger partial charge in [-0.15, -0.1) is 0 Å². The predicted octanol–water partition coefficient (Wildman–Crippen LogP) is -1.16. The summed E-state index contributed by atoms with van der Waals surface area (Å²) in [5, 5.41) is 11.4. The molecule has 2 amide bonds. The van der Waals surface area contributed by atoms with Gasteiger partial charge in [0.15, 0.2) is 0 Å². The van der Waals surface area contributed by atoms with E-state index in [1.807, 2.05) is 0 Å². The maximum Gasteiger partial charge on any atom is 0.305 e. The number of nitrogens with zero attached hydrogens (tertiary/aromatic N) is 3. The molecule has 1 fully saturated rings. The molecule has 0 bridgehead atoms. The van der Waals surface area contributed by atoms with Gasteiger partial charge >= 0.3 is 5.97 Å². The van der Waals surface area contributed by atoms with Crippen molar-refractivity contribution in [3.8, 4) is 0 Å². The van der Waals surface area contributed by atoms with Gasteiger partial charge in [-0.05, 0) is 0 Å². The van der Waals surface area contributed by atoms with Gasteiger partial charge in [-0.2, -0.15) is 0 Å². The molecule has 2 heterocycles. The smallest absolute Gasteiger partial charge is 0.305 e. The van der Waals surface area contributed by atoms with Crippen LogP contribution >= 0.6 is 0 Å². The van der Waals surface area contributed by atoms with Crippen molar-refractivity contribution in [2.24, 2.45) is 7.05 Å². The average Bonchev–Trinajstić information content (AvgIpc) is 2.77. The molecule has 1 unspecified atom stereocenters. The normalized spacial score (nSPS) is 19.1. The molecule has 1 aliphatic rings. The molecule has 1 aliphatic heterocycles. The summed E-state index contributed by atoms with van der Waals surface area (Å²) in [5.74, 6) is -2.00. The number of carboxylic acid groups (broad SMARTS) is 1. The SMILES string of the molecule is Cn1cnc(C(=O)N2CCNC(=O)C2CC(=O)O)c1. The predicted molar refractivity (Wildman–Crippen MR) is 63.3 cm³/mol. The van der Waals surface area contributed by atoms with Gasteiger partial charge in [-0.3, -0.25) is 14.4 Å². The average molecular weight is 266 g/mol. The fraction of sp³-hybridized carbons (Fsp3) is 0.455. The van der Waals surface area contributed by atoms with Crippen LogP contribution < -0.4 is 5.32 Å². The summed E-state index contributed by atoms with van der Waals surface area (Å²) in [4.78, 5) is 39.9. The minimum Gasteiger partial charge on any atom is -0.481 e. The number of nitrogens with one attached hydrogen (secondary N) is 1. The Morgan fingerprint density at radius 1 is 1.58 bits per heavy atom.